The molecule has 0 fully saturated rings. The van der Waals surface area contributed by atoms with Crippen LogP contribution in [-0.2, 0) is 11.8 Å². The largest absolute Gasteiger partial charge is 0.322 e. The minimum Gasteiger partial charge on any atom is -0.322 e. The van der Waals surface area contributed by atoms with Crippen LogP contribution in [0.3, 0.4) is 0 Å². The molecule has 4 nitrogen and oxygen atoms in total. The normalized spacial score (nSPS) is 10.7. The first-order valence-corrected chi connectivity index (χ1v) is 13.8. The zero-order chi connectivity index (χ0) is 27.9. The number of amides is 2. The Kier molecular flexibility index (Phi) is 8.60. The molecule has 0 saturated carbocycles. The summed E-state index contributed by atoms with van der Waals surface area (Å²) in [6, 6.07) is 38.3. The van der Waals surface area contributed by atoms with Crippen molar-refractivity contribution < 1.29 is 9.59 Å². The Morgan fingerprint density at radius 3 is 0.975 bits per heavy atom. The fourth-order valence-corrected chi connectivity index (χ4v) is 4.60. The highest BCUT2D eigenvalue weighted by Crippen LogP contribution is 2.27. The molecule has 0 atom stereocenters. The lowest BCUT2D eigenvalue weighted by atomic mass is 10.00. The van der Waals surface area contributed by atoms with E-state index >= 15 is 0 Å². The third-order valence-electron chi connectivity index (χ3n) is 6.58. The van der Waals surface area contributed by atoms with Crippen LogP contribution in [-0.4, -0.2) is 11.8 Å². The molecule has 0 saturated heterocycles. The fraction of sp³-hybridized carbons (Fsp3) is 0.0588. The van der Waals surface area contributed by atoms with Crippen LogP contribution in [0.5, 0.6) is 0 Å². The zero-order valence-electron chi connectivity index (χ0n) is 21.5. The maximum absolute atomic E-state index is 12.5. The van der Waals surface area contributed by atoms with Gasteiger partial charge in [-0.05, 0) is 81.9 Å². The van der Waals surface area contributed by atoms with E-state index in [4.69, 9.17) is 23.2 Å². The average molecular weight is 566 g/mol. The maximum Gasteiger partial charge on any atom is 0.255 e. The highest BCUT2D eigenvalue weighted by Gasteiger charge is 2.08. The van der Waals surface area contributed by atoms with E-state index in [-0.39, 0.29) is 11.8 Å². The second-order valence-electron chi connectivity index (χ2n) is 9.30. The molecule has 0 aliphatic rings. The Morgan fingerprint density at radius 1 is 0.425 bits per heavy atom. The Bertz CT molecular complexity index is 1470. The number of hydrogen-bond acceptors (Lipinski definition) is 2. The first-order valence-electron chi connectivity index (χ1n) is 12.8. The minimum atomic E-state index is -0.162. The van der Waals surface area contributed by atoms with Crippen molar-refractivity contribution in [2.45, 2.75) is 11.8 Å². The lowest BCUT2D eigenvalue weighted by molar-refractivity contribution is 0.101. The number of halogens is 2. The third-order valence-corrected chi connectivity index (χ3v) is 7.20. The molecule has 2 N–H and O–H groups in total. The number of carbonyl (C=O) groups is 2. The molecule has 40 heavy (non-hydrogen) atoms. The van der Waals surface area contributed by atoms with Crippen LogP contribution in [0.25, 0.3) is 22.3 Å². The molecule has 0 aliphatic heterocycles. The first-order chi connectivity index (χ1) is 19.5. The van der Waals surface area contributed by atoms with Crippen LogP contribution in [0.1, 0.15) is 31.8 Å². The SMILES string of the molecule is O=C(Nc1ccc(-c2ccc(-c3ccc(NC(=O)c4ccc(CCl)cc4)cc3)cc2)cc1)c1ccc(CCl)cc1. The number of alkyl halides is 2. The zero-order valence-corrected chi connectivity index (χ0v) is 23.0. The fourth-order valence-electron chi connectivity index (χ4n) is 4.24. The molecule has 0 aliphatic carbocycles. The van der Waals surface area contributed by atoms with Crippen LogP contribution in [0.15, 0.2) is 121 Å². The average Bonchev–Trinajstić information content (AvgIpc) is 3.02. The molecule has 2 amide bonds. The lowest BCUT2D eigenvalue weighted by Crippen LogP contribution is -2.11. The molecular weight excluding hydrogens is 539 g/mol. The van der Waals surface area contributed by atoms with E-state index in [1.54, 1.807) is 24.3 Å². The summed E-state index contributed by atoms with van der Waals surface area (Å²) >= 11 is 11.6. The summed E-state index contributed by atoms with van der Waals surface area (Å²) in [5, 5.41) is 5.86. The smallest absolute Gasteiger partial charge is 0.255 e. The van der Waals surface area contributed by atoms with Gasteiger partial charge in [0.25, 0.3) is 11.8 Å². The van der Waals surface area contributed by atoms with Gasteiger partial charge in [0, 0.05) is 34.3 Å². The summed E-state index contributed by atoms with van der Waals surface area (Å²) in [7, 11) is 0. The Morgan fingerprint density at radius 2 is 0.700 bits per heavy atom. The van der Waals surface area contributed by atoms with Crippen molar-refractivity contribution in [3.05, 3.63) is 144 Å². The van der Waals surface area contributed by atoms with Crippen LogP contribution in [0.2, 0.25) is 0 Å². The summed E-state index contributed by atoms with van der Waals surface area (Å²) in [6.45, 7) is 0. The number of hydrogen-bond donors (Lipinski definition) is 2. The predicted molar refractivity (Wildman–Crippen MR) is 165 cm³/mol. The Balaban J connectivity index is 1.20. The molecular formula is C34H26Cl2N2O2. The van der Waals surface area contributed by atoms with Gasteiger partial charge in [0.2, 0.25) is 0 Å². The van der Waals surface area contributed by atoms with Crippen LogP contribution >= 0.6 is 23.2 Å². The van der Waals surface area contributed by atoms with Crippen molar-refractivity contribution in [1.29, 1.82) is 0 Å². The van der Waals surface area contributed by atoms with Gasteiger partial charge in [-0.15, -0.1) is 23.2 Å². The second-order valence-corrected chi connectivity index (χ2v) is 9.84. The molecule has 6 heteroatoms. The van der Waals surface area contributed by atoms with E-state index in [0.29, 0.717) is 22.9 Å². The van der Waals surface area contributed by atoms with Gasteiger partial charge in [-0.25, -0.2) is 0 Å². The van der Waals surface area contributed by atoms with Gasteiger partial charge in [-0.2, -0.15) is 0 Å². The van der Waals surface area contributed by atoms with Gasteiger partial charge in [0.15, 0.2) is 0 Å². The summed E-state index contributed by atoms with van der Waals surface area (Å²) < 4.78 is 0. The van der Waals surface area contributed by atoms with E-state index in [9.17, 15) is 9.59 Å². The number of nitrogens with one attached hydrogen (secondary N) is 2. The number of carbonyl (C=O) groups excluding carboxylic acids is 2. The van der Waals surface area contributed by atoms with Gasteiger partial charge < -0.3 is 10.6 Å². The van der Waals surface area contributed by atoms with Crippen molar-refractivity contribution in [1.82, 2.24) is 0 Å². The van der Waals surface area contributed by atoms with Gasteiger partial charge in [0.1, 0.15) is 0 Å². The number of anilines is 2. The molecule has 198 valence electrons. The van der Waals surface area contributed by atoms with Gasteiger partial charge in [0.05, 0.1) is 0 Å². The van der Waals surface area contributed by atoms with Crippen LogP contribution < -0.4 is 10.6 Å². The molecule has 0 unspecified atom stereocenters. The first kappa shape index (κ1) is 27.2. The van der Waals surface area contributed by atoms with Crippen molar-refractivity contribution in [2.24, 2.45) is 0 Å². The van der Waals surface area contributed by atoms with Crippen LogP contribution in [0, 0.1) is 0 Å². The molecule has 0 radical (unpaired) electrons. The molecule has 0 spiro atoms. The monoisotopic (exact) mass is 564 g/mol. The Hall–Kier alpha value is -4.38. The van der Waals surface area contributed by atoms with Crippen LogP contribution in [0.4, 0.5) is 11.4 Å². The van der Waals surface area contributed by atoms with Gasteiger partial charge in [-0.3, -0.25) is 9.59 Å². The minimum absolute atomic E-state index is 0.162. The molecule has 0 aromatic heterocycles. The van der Waals surface area contributed by atoms with Gasteiger partial charge >= 0.3 is 0 Å². The highest BCUT2D eigenvalue weighted by atomic mass is 35.5. The van der Waals surface area contributed by atoms with E-state index < -0.39 is 0 Å². The molecule has 0 bridgehead atoms. The highest BCUT2D eigenvalue weighted by molar-refractivity contribution is 6.17. The van der Waals surface area contributed by atoms with Crippen molar-refractivity contribution in [2.75, 3.05) is 10.6 Å². The van der Waals surface area contributed by atoms with E-state index in [0.717, 1.165) is 44.8 Å². The van der Waals surface area contributed by atoms with Crippen molar-refractivity contribution >= 4 is 46.4 Å². The molecule has 5 rings (SSSR count). The predicted octanol–water partition coefficient (Wildman–Crippen LogP) is 9.00. The quantitative estimate of drug-likeness (QED) is 0.185. The molecule has 5 aromatic rings. The van der Waals surface area contributed by atoms with E-state index in [1.807, 2.05) is 72.8 Å². The number of rotatable bonds is 8. The third kappa shape index (κ3) is 6.60. The van der Waals surface area contributed by atoms with E-state index in [2.05, 4.69) is 34.9 Å². The Labute approximate surface area is 243 Å². The summed E-state index contributed by atoms with van der Waals surface area (Å²) in [6.07, 6.45) is 0. The molecule has 5 aromatic carbocycles. The maximum atomic E-state index is 12.5. The molecule has 0 heterocycles. The topological polar surface area (TPSA) is 58.2 Å². The van der Waals surface area contributed by atoms with Gasteiger partial charge in [-0.1, -0.05) is 72.8 Å². The summed E-state index contributed by atoms with van der Waals surface area (Å²) in [4.78, 5) is 25.1. The lowest BCUT2D eigenvalue weighted by Gasteiger charge is -2.09. The standard InChI is InChI=1S/C34H26Cl2N2O2/c35-21-23-1-5-29(6-2-23)33(39)37-31-17-13-27(14-18-31)25-9-11-26(12-10-25)28-15-19-32(20-16-28)38-34(40)30-7-3-24(22-36)4-8-30/h1-20H,21-22H2,(H,37,39)(H,38,40). The number of benzene rings is 5. The van der Waals surface area contributed by atoms with E-state index in [1.165, 1.54) is 0 Å². The van der Waals surface area contributed by atoms with Crippen molar-refractivity contribution in [3.63, 3.8) is 0 Å². The summed E-state index contributed by atoms with van der Waals surface area (Å²) in [5.41, 5.74) is 8.81. The summed E-state index contributed by atoms with van der Waals surface area (Å²) in [5.74, 6) is 0.513. The second kappa shape index (κ2) is 12.6. The van der Waals surface area contributed by atoms with Crippen molar-refractivity contribution in [3.8, 4) is 22.3 Å².